The summed E-state index contributed by atoms with van der Waals surface area (Å²) in [5.41, 5.74) is 2.16. The number of hydrogen-bond acceptors (Lipinski definition) is 6. The molecule has 128 valence electrons. The van der Waals surface area contributed by atoms with Gasteiger partial charge in [-0.25, -0.2) is 9.97 Å². The molecule has 0 saturated carbocycles. The van der Waals surface area contributed by atoms with Gasteiger partial charge in [0.25, 0.3) is 0 Å². The molecular formula is C17H19N7O. The summed E-state index contributed by atoms with van der Waals surface area (Å²) in [6.07, 6.45) is 3.09. The van der Waals surface area contributed by atoms with Gasteiger partial charge in [0.1, 0.15) is 6.33 Å². The van der Waals surface area contributed by atoms with Crippen molar-refractivity contribution in [2.75, 3.05) is 18.4 Å². The third-order valence-electron chi connectivity index (χ3n) is 4.29. The van der Waals surface area contributed by atoms with Crippen molar-refractivity contribution in [3.05, 3.63) is 36.7 Å². The summed E-state index contributed by atoms with van der Waals surface area (Å²) in [7, 11) is 0. The van der Waals surface area contributed by atoms with Crippen molar-refractivity contribution in [1.29, 1.82) is 0 Å². The number of carbonyl (C=O) groups is 1. The smallest absolute Gasteiger partial charge is 0.222 e. The number of fused-ring (bicyclic) bond motifs is 1. The standard InChI is InChI=1S/C17H19N7O/c1-12(10-23-9-5-8-14(23)25)20-16-15-17(19-11-18-16)24(22-21-15)13-6-3-2-4-7-13/h2-4,6-7,11-12H,5,8-10H2,1H3,(H,18,19,20). The van der Waals surface area contributed by atoms with Crippen molar-refractivity contribution in [1.82, 2.24) is 29.9 Å². The Balaban J connectivity index is 1.58. The average Bonchev–Trinajstić information content (AvgIpc) is 3.23. The van der Waals surface area contributed by atoms with Crippen molar-refractivity contribution >= 4 is 22.9 Å². The van der Waals surface area contributed by atoms with Crippen molar-refractivity contribution in [2.45, 2.75) is 25.8 Å². The van der Waals surface area contributed by atoms with Crippen LogP contribution in [0.4, 0.5) is 5.82 Å². The van der Waals surface area contributed by atoms with E-state index < -0.39 is 0 Å². The second-order valence-electron chi connectivity index (χ2n) is 6.22. The van der Waals surface area contributed by atoms with E-state index in [-0.39, 0.29) is 11.9 Å². The predicted molar refractivity (Wildman–Crippen MR) is 93.4 cm³/mol. The van der Waals surface area contributed by atoms with E-state index in [1.165, 1.54) is 6.33 Å². The molecule has 0 aliphatic carbocycles. The van der Waals surface area contributed by atoms with Crippen LogP contribution in [0.25, 0.3) is 16.9 Å². The highest BCUT2D eigenvalue weighted by Crippen LogP contribution is 2.20. The van der Waals surface area contributed by atoms with E-state index >= 15 is 0 Å². The fourth-order valence-electron chi connectivity index (χ4n) is 3.10. The highest BCUT2D eigenvalue weighted by Gasteiger charge is 2.22. The van der Waals surface area contributed by atoms with E-state index in [1.807, 2.05) is 42.2 Å². The van der Waals surface area contributed by atoms with Gasteiger partial charge in [-0.1, -0.05) is 23.4 Å². The maximum atomic E-state index is 11.8. The van der Waals surface area contributed by atoms with E-state index in [0.29, 0.717) is 29.9 Å². The molecule has 2 aromatic heterocycles. The van der Waals surface area contributed by atoms with Crippen molar-refractivity contribution in [2.24, 2.45) is 0 Å². The van der Waals surface area contributed by atoms with Crippen LogP contribution in [0, 0.1) is 0 Å². The van der Waals surface area contributed by atoms with Crippen LogP contribution < -0.4 is 5.32 Å². The number of aromatic nitrogens is 5. The molecule has 8 heteroatoms. The number of benzene rings is 1. The van der Waals surface area contributed by atoms with Crippen molar-refractivity contribution in [3.63, 3.8) is 0 Å². The lowest BCUT2D eigenvalue weighted by molar-refractivity contribution is -0.127. The Morgan fingerprint density at radius 1 is 1.24 bits per heavy atom. The number of hydrogen-bond donors (Lipinski definition) is 1. The number of amides is 1. The Bertz CT molecular complexity index is 892. The molecule has 1 aromatic carbocycles. The van der Waals surface area contributed by atoms with E-state index in [2.05, 4.69) is 25.6 Å². The zero-order valence-electron chi connectivity index (χ0n) is 14.0. The minimum absolute atomic E-state index is 0.0574. The van der Waals surface area contributed by atoms with E-state index in [9.17, 15) is 4.79 Å². The molecule has 1 unspecified atom stereocenters. The molecule has 1 fully saturated rings. The van der Waals surface area contributed by atoms with E-state index in [0.717, 1.165) is 18.7 Å². The van der Waals surface area contributed by atoms with E-state index in [4.69, 9.17) is 0 Å². The van der Waals surface area contributed by atoms with Crippen LogP contribution in [0.3, 0.4) is 0 Å². The third-order valence-corrected chi connectivity index (χ3v) is 4.29. The summed E-state index contributed by atoms with van der Waals surface area (Å²) >= 11 is 0. The molecule has 1 N–H and O–H groups in total. The number of nitrogens with zero attached hydrogens (tertiary/aromatic N) is 6. The Kier molecular flexibility index (Phi) is 4.01. The van der Waals surface area contributed by atoms with Crippen LogP contribution >= 0.6 is 0 Å². The second kappa shape index (κ2) is 6.46. The number of carbonyl (C=O) groups excluding carboxylic acids is 1. The lowest BCUT2D eigenvalue weighted by Crippen LogP contribution is -2.35. The predicted octanol–water partition coefficient (Wildman–Crippen LogP) is 1.63. The maximum absolute atomic E-state index is 11.8. The summed E-state index contributed by atoms with van der Waals surface area (Å²) < 4.78 is 1.69. The summed E-state index contributed by atoms with van der Waals surface area (Å²) in [6, 6.07) is 9.79. The van der Waals surface area contributed by atoms with Gasteiger partial charge in [0, 0.05) is 25.6 Å². The molecule has 4 rings (SSSR count). The molecular weight excluding hydrogens is 318 g/mol. The molecule has 3 heterocycles. The zero-order valence-corrected chi connectivity index (χ0v) is 14.0. The average molecular weight is 337 g/mol. The quantitative estimate of drug-likeness (QED) is 0.761. The highest BCUT2D eigenvalue weighted by molar-refractivity contribution is 5.83. The van der Waals surface area contributed by atoms with Gasteiger partial charge in [0.15, 0.2) is 17.0 Å². The van der Waals surface area contributed by atoms with Crippen LogP contribution in [-0.4, -0.2) is 54.9 Å². The van der Waals surface area contributed by atoms with Gasteiger partial charge >= 0.3 is 0 Å². The summed E-state index contributed by atoms with van der Waals surface area (Å²) in [4.78, 5) is 22.3. The first kappa shape index (κ1) is 15.5. The Labute approximate surface area is 144 Å². The number of likely N-dealkylation sites (tertiary alicyclic amines) is 1. The molecule has 0 bridgehead atoms. The van der Waals surface area contributed by atoms with Crippen LogP contribution in [0.2, 0.25) is 0 Å². The molecule has 1 atom stereocenters. The molecule has 0 radical (unpaired) electrons. The summed E-state index contributed by atoms with van der Waals surface area (Å²) in [6.45, 7) is 3.51. The molecule has 8 nitrogen and oxygen atoms in total. The summed E-state index contributed by atoms with van der Waals surface area (Å²) in [5, 5.41) is 11.8. The van der Waals surface area contributed by atoms with Gasteiger partial charge in [-0.15, -0.1) is 5.10 Å². The van der Waals surface area contributed by atoms with Gasteiger partial charge < -0.3 is 10.2 Å². The first-order valence-corrected chi connectivity index (χ1v) is 8.38. The van der Waals surface area contributed by atoms with E-state index in [1.54, 1.807) is 4.68 Å². The Morgan fingerprint density at radius 2 is 2.08 bits per heavy atom. The molecule has 1 amide bonds. The SMILES string of the molecule is CC(CN1CCCC1=O)Nc1ncnc2c1nnn2-c1ccccc1. The lowest BCUT2D eigenvalue weighted by atomic mass is 10.3. The maximum Gasteiger partial charge on any atom is 0.222 e. The number of para-hydroxylation sites is 1. The monoisotopic (exact) mass is 337 g/mol. The van der Waals surface area contributed by atoms with Crippen molar-refractivity contribution < 1.29 is 4.79 Å². The molecule has 25 heavy (non-hydrogen) atoms. The summed E-state index contributed by atoms with van der Waals surface area (Å²) in [5.74, 6) is 0.850. The normalized spacial score (nSPS) is 15.7. The highest BCUT2D eigenvalue weighted by atomic mass is 16.2. The van der Waals surface area contributed by atoms with Crippen LogP contribution in [0.15, 0.2) is 36.7 Å². The van der Waals surface area contributed by atoms with Gasteiger partial charge in [-0.2, -0.15) is 4.68 Å². The topological polar surface area (TPSA) is 88.8 Å². The molecule has 0 spiro atoms. The largest absolute Gasteiger partial charge is 0.364 e. The van der Waals surface area contributed by atoms with Crippen LogP contribution in [-0.2, 0) is 4.79 Å². The fraction of sp³-hybridized carbons (Fsp3) is 0.353. The molecule has 1 aliphatic heterocycles. The van der Waals surface area contributed by atoms with Crippen LogP contribution in [0.5, 0.6) is 0 Å². The Hall–Kier alpha value is -3.03. The number of nitrogens with one attached hydrogen (secondary N) is 1. The molecule has 1 aliphatic rings. The zero-order chi connectivity index (χ0) is 17.2. The van der Waals surface area contributed by atoms with Gasteiger partial charge in [-0.05, 0) is 25.5 Å². The molecule has 1 saturated heterocycles. The lowest BCUT2D eigenvalue weighted by Gasteiger charge is -2.21. The first-order valence-electron chi connectivity index (χ1n) is 8.38. The second-order valence-corrected chi connectivity index (χ2v) is 6.22. The minimum atomic E-state index is 0.0574. The van der Waals surface area contributed by atoms with Gasteiger partial charge in [-0.3, -0.25) is 4.79 Å². The van der Waals surface area contributed by atoms with Crippen LogP contribution in [0.1, 0.15) is 19.8 Å². The number of rotatable bonds is 5. The number of anilines is 1. The van der Waals surface area contributed by atoms with Gasteiger partial charge in [0.2, 0.25) is 5.91 Å². The minimum Gasteiger partial charge on any atom is -0.364 e. The third kappa shape index (κ3) is 3.02. The first-order chi connectivity index (χ1) is 12.2. The van der Waals surface area contributed by atoms with Crippen molar-refractivity contribution in [3.8, 4) is 5.69 Å². The Morgan fingerprint density at radius 3 is 2.84 bits per heavy atom. The molecule has 3 aromatic rings. The van der Waals surface area contributed by atoms with Gasteiger partial charge in [0.05, 0.1) is 5.69 Å². The fourth-order valence-corrected chi connectivity index (χ4v) is 3.10.